The predicted molar refractivity (Wildman–Crippen MR) is 86.2 cm³/mol. The number of hydrogen-bond acceptors (Lipinski definition) is 3. The number of rotatable bonds is 6. The van der Waals surface area contributed by atoms with E-state index in [1.807, 2.05) is 49.1 Å². The quantitative estimate of drug-likeness (QED) is 0.822. The Morgan fingerprint density at radius 3 is 2.86 bits per heavy atom. The van der Waals surface area contributed by atoms with Crippen molar-refractivity contribution in [1.29, 1.82) is 0 Å². The topological polar surface area (TPSA) is 50.8 Å². The third-order valence-electron chi connectivity index (χ3n) is 4.00. The summed E-state index contributed by atoms with van der Waals surface area (Å²) >= 11 is 0. The summed E-state index contributed by atoms with van der Waals surface area (Å²) < 4.78 is 11.2. The van der Waals surface area contributed by atoms with Crippen LogP contribution in [-0.4, -0.2) is 49.4 Å². The Balaban J connectivity index is 1.57. The zero-order valence-corrected chi connectivity index (χ0v) is 13.5. The minimum Gasteiger partial charge on any atom is -0.494 e. The van der Waals surface area contributed by atoms with Crippen LogP contribution in [0.15, 0.2) is 30.3 Å². The summed E-state index contributed by atoms with van der Waals surface area (Å²) in [5, 5.41) is 2.98. The average molecular weight is 306 g/mol. The van der Waals surface area contributed by atoms with Gasteiger partial charge >= 0.3 is 6.03 Å². The molecule has 1 aliphatic heterocycles. The molecular formula is C17H26N2O3. The fraction of sp³-hybridized carbons (Fsp3) is 0.588. The van der Waals surface area contributed by atoms with Gasteiger partial charge in [0.05, 0.1) is 25.4 Å². The van der Waals surface area contributed by atoms with Crippen LogP contribution in [0.2, 0.25) is 0 Å². The molecule has 0 aliphatic carbocycles. The van der Waals surface area contributed by atoms with Crippen LogP contribution < -0.4 is 10.1 Å². The second-order valence-electron chi connectivity index (χ2n) is 5.61. The molecule has 1 aromatic carbocycles. The number of unbranched alkanes of at least 4 members (excludes halogenated alkanes) is 1. The lowest BCUT2D eigenvalue weighted by atomic mass is 10.1. The summed E-state index contributed by atoms with van der Waals surface area (Å²) in [4.78, 5) is 14.0. The van der Waals surface area contributed by atoms with Crippen molar-refractivity contribution in [2.75, 3.05) is 26.3 Å². The minimum absolute atomic E-state index is 0.00614. The smallest absolute Gasteiger partial charge is 0.317 e. The summed E-state index contributed by atoms with van der Waals surface area (Å²) in [6.45, 7) is 6.65. The summed E-state index contributed by atoms with van der Waals surface area (Å²) in [6.07, 6.45) is 1.93. The van der Waals surface area contributed by atoms with E-state index in [2.05, 4.69) is 5.32 Å². The van der Waals surface area contributed by atoms with Crippen LogP contribution in [0, 0.1) is 0 Å². The Hall–Kier alpha value is -1.75. The first kappa shape index (κ1) is 16.6. The molecule has 1 aromatic rings. The number of nitrogens with zero attached hydrogens (tertiary/aromatic N) is 1. The van der Waals surface area contributed by atoms with Gasteiger partial charge in [0.15, 0.2) is 0 Å². The normalized spacial score (nSPS) is 21.5. The lowest BCUT2D eigenvalue weighted by Gasteiger charge is -2.37. The predicted octanol–water partition coefficient (Wildman–Crippen LogP) is 2.66. The fourth-order valence-corrected chi connectivity index (χ4v) is 2.45. The van der Waals surface area contributed by atoms with E-state index in [-0.39, 0.29) is 18.2 Å². The first-order valence-electron chi connectivity index (χ1n) is 8.02. The Bertz CT molecular complexity index is 452. The standard InChI is InChI=1S/C17H26N2O3/c1-14-15(2)21-13-11-19(14)17(20)18-10-6-7-12-22-16-8-4-3-5-9-16/h3-5,8-9,14-15H,6-7,10-13H2,1-2H3,(H,18,20). The summed E-state index contributed by atoms with van der Waals surface area (Å²) in [6, 6.07) is 9.91. The number of urea groups is 1. The number of benzene rings is 1. The largest absolute Gasteiger partial charge is 0.494 e. The molecule has 0 bridgehead atoms. The number of para-hydroxylation sites is 1. The van der Waals surface area contributed by atoms with Gasteiger partial charge in [0.1, 0.15) is 5.75 Å². The van der Waals surface area contributed by atoms with Crippen LogP contribution in [0.3, 0.4) is 0 Å². The maximum atomic E-state index is 12.1. The molecular weight excluding hydrogens is 280 g/mol. The Morgan fingerprint density at radius 2 is 2.09 bits per heavy atom. The minimum atomic E-state index is 0.00614. The van der Waals surface area contributed by atoms with Gasteiger partial charge in [0.25, 0.3) is 0 Å². The lowest BCUT2D eigenvalue weighted by molar-refractivity contribution is -0.0376. The molecule has 2 unspecified atom stereocenters. The number of carbonyl (C=O) groups is 1. The van der Waals surface area contributed by atoms with Gasteiger partial charge in [0, 0.05) is 13.1 Å². The highest BCUT2D eigenvalue weighted by atomic mass is 16.5. The SMILES string of the molecule is CC1OCCN(C(=O)NCCCCOc2ccccc2)C1C. The Morgan fingerprint density at radius 1 is 1.32 bits per heavy atom. The van der Waals surface area contributed by atoms with Crippen molar-refractivity contribution in [2.24, 2.45) is 0 Å². The Labute approximate surface area is 132 Å². The molecule has 0 spiro atoms. The highest BCUT2D eigenvalue weighted by Crippen LogP contribution is 2.13. The molecule has 1 aliphatic rings. The van der Waals surface area contributed by atoms with E-state index in [0.29, 0.717) is 26.3 Å². The molecule has 2 atom stereocenters. The first-order valence-corrected chi connectivity index (χ1v) is 8.02. The van der Waals surface area contributed by atoms with E-state index < -0.39 is 0 Å². The van der Waals surface area contributed by atoms with Gasteiger partial charge in [0.2, 0.25) is 0 Å². The van der Waals surface area contributed by atoms with Crippen LogP contribution in [0.4, 0.5) is 4.79 Å². The van der Waals surface area contributed by atoms with Crippen molar-refractivity contribution >= 4 is 6.03 Å². The zero-order chi connectivity index (χ0) is 15.8. The highest BCUT2D eigenvalue weighted by Gasteiger charge is 2.28. The van der Waals surface area contributed by atoms with Gasteiger partial charge in [-0.1, -0.05) is 18.2 Å². The molecule has 1 N–H and O–H groups in total. The molecule has 0 radical (unpaired) electrons. The van der Waals surface area contributed by atoms with Crippen LogP contribution in [-0.2, 0) is 4.74 Å². The van der Waals surface area contributed by atoms with Crippen molar-refractivity contribution in [3.63, 3.8) is 0 Å². The molecule has 0 saturated carbocycles. The van der Waals surface area contributed by atoms with E-state index >= 15 is 0 Å². The van der Waals surface area contributed by atoms with E-state index in [1.54, 1.807) is 0 Å². The summed E-state index contributed by atoms with van der Waals surface area (Å²) in [7, 11) is 0. The van der Waals surface area contributed by atoms with E-state index in [0.717, 1.165) is 18.6 Å². The molecule has 22 heavy (non-hydrogen) atoms. The van der Waals surface area contributed by atoms with E-state index in [9.17, 15) is 4.79 Å². The van der Waals surface area contributed by atoms with Crippen molar-refractivity contribution in [3.05, 3.63) is 30.3 Å². The second-order valence-corrected chi connectivity index (χ2v) is 5.61. The van der Waals surface area contributed by atoms with Crippen LogP contribution in [0.5, 0.6) is 5.75 Å². The molecule has 1 fully saturated rings. The molecule has 1 heterocycles. The van der Waals surface area contributed by atoms with Gasteiger partial charge in [-0.2, -0.15) is 0 Å². The molecule has 1 saturated heterocycles. The lowest BCUT2D eigenvalue weighted by Crippen LogP contribution is -2.54. The van der Waals surface area contributed by atoms with Gasteiger partial charge in [-0.25, -0.2) is 4.79 Å². The average Bonchev–Trinajstić information content (AvgIpc) is 2.54. The maximum absolute atomic E-state index is 12.1. The molecule has 122 valence electrons. The van der Waals surface area contributed by atoms with Crippen LogP contribution >= 0.6 is 0 Å². The van der Waals surface area contributed by atoms with E-state index in [1.165, 1.54) is 0 Å². The van der Waals surface area contributed by atoms with Crippen molar-refractivity contribution in [1.82, 2.24) is 10.2 Å². The number of amides is 2. The first-order chi connectivity index (χ1) is 10.7. The Kier molecular flexibility index (Phi) is 6.52. The number of nitrogens with one attached hydrogen (secondary N) is 1. The molecule has 2 rings (SSSR count). The zero-order valence-electron chi connectivity index (χ0n) is 13.5. The van der Waals surface area contributed by atoms with Gasteiger partial charge < -0.3 is 19.7 Å². The number of ether oxygens (including phenoxy) is 2. The third kappa shape index (κ3) is 4.91. The molecule has 5 nitrogen and oxygen atoms in total. The van der Waals surface area contributed by atoms with Crippen molar-refractivity contribution in [3.8, 4) is 5.75 Å². The van der Waals surface area contributed by atoms with Crippen molar-refractivity contribution < 1.29 is 14.3 Å². The second kappa shape index (κ2) is 8.63. The number of morpholine rings is 1. The van der Waals surface area contributed by atoms with Crippen molar-refractivity contribution in [2.45, 2.75) is 38.8 Å². The number of carbonyl (C=O) groups excluding carboxylic acids is 1. The van der Waals surface area contributed by atoms with Gasteiger partial charge in [-0.3, -0.25) is 0 Å². The molecule has 5 heteroatoms. The molecule has 2 amide bonds. The molecule has 0 aromatic heterocycles. The third-order valence-corrected chi connectivity index (χ3v) is 4.00. The highest BCUT2D eigenvalue weighted by molar-refractivity contribution is 5.74. The summed E-state index contributed by atoms with van der Waals surface area (Å²) in [5.74, 6) is 0.891. The fourth-order valence-electron chi connectivity index (χ4n) is 2.45. The van der Waals surface area contributed by atoms with Crippen LogP contribution in [0.1, 0.15) is 26.7 Å². The number of hydrogen-bond donors (Lipinski definition) is 1. The van der Waals surface area contributed by atoms with Gasteiger partial charge in [-0.15, -0.1) is 0 Å². The van der Waals surface area contributed by atoms with Crippen LogP contribution in [0.25, 0.3) is 0 Å². The van der Waals surface area contributed by atoms with Gasteiger partial charge in [-0.05, 0) is 38.8 Å². The maximum Gasteiger partial charge on any atom is 0.317 e. The van der Waals surface area contributed by atoms with E-state index in [4.69, 9.17) is 9.47 Å². The summed E-state index contributed by atoms with van der Waals surface area (Å²) in [5.41, 5.74) is 0. The monoisotopic (exact) mass is 306 g/mol.